The predicted octanol–water partition coefficient (Wildman–Crippen LogP) is 6.01. The molecule has 0 amide bonds. The van der Waals surface area contributed by atoms with Crippen LogP contribution in [0.5, 0.6) is 17.4 Å². The lowest BCUT2D eigenvalue weighted by Crippen LogP contribution is -2.33. The second-order valence-corrected chi connectivity index (χ2v) is 9.55. The van der Waals surface area contributed by atoms with Gasteiger partial charge in [-0.2, -0.15) is 5.10 Å². The topological polar surface area (TPSA) is 59.8 Å². The van der Waals surface area contributed by atoms with E-state index in [1.54, 1.807) is 7.11 Å². The summed E-state index contributed by atoms with van der Waals surface area (Å²) in [4.78, 5) is 2.35. The lowest BCUT2D eigenvalue weighted by atomic mass is 10.1. The van der Waals surface area contributed by atoms with E-state index in [9.17, 15) is 5.11 Å². The molecule has 3 aromatic rings. The number of aliphatic hydroxyl groups is 1. The molecule has 0 spiro atoms. The van der Waals surface area contributed by atoms with Gasteiger partial charge in [0, 0.05) is 24.7 Å². The van der Waals surface area contributed by atoms with E-state index < -0.39 is 0 Å². The first-order chi connectivity index (χ1) is 16.5. The molecule has 2 aromatic carbocycles. The monoisotopic (exact) mass is 483 g/mol. The molecule has 1 N–H and O–H groups in total. The van der Waals surface area contributed by atoms with Gasteiger partial charge in [0.15, 0.2) is 0 Å². The van der Waals surface area contributed by atoms with E-state index in [4.69, 9.17) is 26.2 Å². The van der Waals surface area contributed by atoms with Gasteiger partial charge in [-0.25, -0.2) is 4.68 Å². The van der Waals surface area contributed by atoms with Crippen molar-refractivity contribution < 1.29 is 14.6 Å². The van der Waals surface area contributed by atoms with Gasteiger partial charge in [0.2, 0.25) is 5.88 Å². The number of aromatic nitrogens is 2. The number of aliphatic hydroxyl groups excluding tert-OH is 1. The van der Waals surface area contributed by atoms with Gasteiger partial charge in [-0.05, 0) is 74.6 Å². The minimum atomic E-state index is -0.335. The Kier molecular flexibility index (Phi) is 8.14. The number of nitrogens with zero attached hydrogens (tertiary/aromatic N) is 3. The van der Waals surface area contributed by atoms with E-state index in [1.165, 1.54) is 12.8 Å². The maximum Gasteiger partial charge on any atom is 0.227 e. The summed E-state index contributed by atoms with van der Waals surface area (Å²) in [5, 5.41) is 16.0. The highest BCUT2D eigenvalue weighted by Gasteiger charge is 2.28. The maximum absolute atomic E-state index is 10.5. The summed E-state index contributed by atoms with van der Waals surface area (Å²) in [6, 6.07) is 15.1. The number of ether oxygens (including phenoxy) is 2. The van der Waals surface area contributed by atoms with Gasteiger partial charge in [-0.3, -0.25) is 4.90 Å². The average Bonchev–Trinajstić information content (AvgIpc) is 3.59. The third-order valence-corrected chi connectivity index (χ3v) is 6.38. The average molecular weight is 484 g/mol. The van der Waals surface area contributed by atoms with Crippen LogP contribution < -0.4 is 9.47 Å². The lowest BCUT2D eigenvalue weighted by Gasteiger charge is -2.25. The standard InChI is InChI=1S/C27H34ClN3O3/c1-4-6-23(32)17-30(16-20-9-10-20)18-26-19(2)29-31(22-8-5-7-21(28)15-22)27(26)34-25-13-11-24(33-3)12-14-25/h5,7-8,11-15,20,23,32H,4,6,9-10,16-18H2,1-3H3. The van der Waals surface area contributed by atoms with Crippen molar-refractivity contribution in [2.45, 2.75) is 52.2 Å². The molecule has 1 fully saturated rings. The molecule has 1 aliphatic carbocycles. The molecule has 1 atom stereocenters. The summed E-state index contributed by atoms with van der Waals surface area (Å²) in [6.45, 7) is 6.40. The Morgan fingerprint density at radius 1 is 1.18 bits per heavy atom. The summed E-state index contributed by atoms with van der Waals surface area (Å²) >= 11 is 6.29. The number of hydrogen-bond acceptors (Lipinski definition) is 5. The van der Waals surface area contributed by atoms with Crippen LogP contribution in [0, 0.1) is 12.8 Å². The van der Waals surface area contributed by atoms with Crippen molar-refractivity contribution in [2.24, 2.45) is 5.92 Å². The van der Waals surface area contributed by atoms with Gasteiger partial charge in [0.25, 0.3) is 0 Å². The molecule has 34 heavy (non-hydrogen) atoms. The summed E-state index contributed by atoms with van der Waals surface area (Å²) in [5.74, 6) is 2.84. The number of methoxy groups -OCH3 is 1. The van der Waals surface area contributed by atoms with Gasteiger partial charge < -0.3 is 14.6 Å². The van der Waals surface area contributed by atoms with Crippen LogP contribution in [-0.4, -0.2) is 46.1 Å². The Morgan fingerprint density at radius 3 is 2.56 bits per heavy atom. The molecule has 0 radical (unpaired) electrons. The molecule has 0 saturated heterocycles. The largest absolute Gasteiger partial charge is 0.497 e. The van der Waals surface area contributed by atoms with Crippen molar-refractivity contribution in [3.63, 3.8) is 0 Å². The molecule has 1 unspecified atom stereocenters. The second kappa shape index (κ2) is 11.3. The van der Waals surface area contributed by atoms with Crippen LogP contribution in [0.2, 0.25) is 5.02 Å². The second-order valence-electron chi connectivity index (χ2n) is 9.12. The van der Waals surface area contributed by atoms with Gasteiger partial charge in [0.05, 0.1) is 30.2 Å². The Morgan fingerprint density at radius 2 is 1.91 bits per heavy atom. The Labute approximate surface area is 207 Å². The maximum atomic E-state index is 10.5. The van der Waals surface area contributed by atoms with E-state index >= 15 is 0 Å². The van der Waals surface area contributed by atoms with Gasteiger partial charge in [0.1, 0.15) is 11.5 Å². The van der Waals surface area contributed by atoms with E-state index in [0.717, 1.165) is 42.1 Å². The molecule has 0 bridgehead atoms. The molecule has 4 rings (SSSR count). The zero-order chi connectivity index (χ0) is 24.1. The van der Waals surface area contributed by atoms with E-state index in [1.807, 2.05) is 60.1 Å². The zero-order valence-corrected chi connectivity index (χ0v) is 21.0. The summed E-state index contributed by atoms with van der Waals surface area (Å²) in [7, 11) is 1.65. The van der Waals surface area contributed by atoms with Gasteiger partial charge in [-0.15, -0.1) is 0 Å². The van der Waals surface area contributed by atoms with Crippen molar-refractivity contribution in [1.82, 2.24) is 14.7 Å². The minimum Gasteiger partial charge on any atom is -0.497 e. The highest BCUT2D eigenvalue weighted by molar-refractivity contribution is 6.30. The van der Waals surface area contributed by atoms with Crippen LogP contribution in [-0.2, 0) is 6.54 Å². The normalized spacial score (nSPS) is 14.4. The first kappa shape index (κ1) is 24.6. The molecule has 1 aliphatic rings. The third kappa shape index (κ3) is 6.32. The Bertz CT molecular complexity index is 1080. The summed E-state index contributed by atoms with van der Waals surface area (Å²) in [6.07, 6.45) is 3.96. The molecule has 7 heteroatoms. The predicted molar refractivity (Wildman–Crippen MR) is 135 cm³/mol. The van der Waals surface area contributed by atoms with Crippen LogP contribution in [0.4, 0.5) is 0 Å². The third-order valence-electron chi connectivity index (χ3n) is 6.15. The Balaban J connectivity index is 1.69. The Hall–Kier alpha value is -2.54. The molecule has 1 heterocycles. The molecule has 0 aliphatic heterocycles. The number of aryl methyl sites for hydroxylation is 1. The number of rotatable bonds is 12. The van der Waals surface area contributed by atoms with Crippen molar-refractivity contribution in [2.75, 3.05) is 20.2 Å². The van der Waals surface area contributed by atoms with Crippen molar-refractivity contribution in [1.29, 1.82) is 0 Å². The van der Waals surface area contributed by atoms with Crippen molar-refractivity contribution in [3.05, 3.63) is 64.8 Å². The van der Waals surface area contributed by atoms with Crippen LogP contribution in [0.3, 0.4) is 0 Å². The van der Waals surface area contributed by atoms with E-state index in [0.29, 0.717) is 35.7 Å². The SMILES string of the molecule is CCCC(O)CN(Cc1c(C)nn(-c2cccc(Cl)c2)c1Oc1ccc(OC)cc1)CC1CC1. The summed E-state index contributed by atoms with van der Waals surface area (Å²) < 4.78 is 13.5. The van der Waals surface area contributed by atoms with E-state index in [-0.39, 0.29) is 6.10 Å². The fourth-order valence-electron chi connectivity index (χ4n) is 4.18. The minimum absolute atomic E-state index is 0.335. The van der Waals surface area contributed by atoms with Gasteiger partial charge in [-0.1, -0.05) is 31.0 Å². The molecular weight excluding hydrogens is 450 g/mol. The molecular formula is C27H34ClN3O3. The van der Waals surface area contributed by atoms with Crippen molar-refractivity contribution >= 4 is 11.6 Å². The van der Waals surface area contributed by atoms with Crippen LogP contribution in [0.15, 0.2) is 48.5 Å². The first-order valence-corrected chi connectivity index (χ1v) is 12.4. The number of hydrogen-bond donors (Lipinski definition) is 1. The van der Waals surface area contributed by atoms with Crippen molar-refractivity contribution in [3.8, 4) is 23.1 Å². The first-order valence-electron chi connectivity index (χ1n) is 12.0. The van der Waals surface area contributed by atoms with E-state index in [2.05, 4.69) is 11.8 Å². The highest BCUT2D eigenvalue weighted by Crippen LogP contribution is 2.35. The highest BCUT2D eigenvalue weighted by atomic mass is 35.5. The van der Waals surface area contributed by atoms with Crippen LogP contribution in [0.25, 0.3) is 5.69 Å². The lowest BCUT2D eigenvalue weighted by molar-refractivity contribution is 0.0977. The quantitative estimate of drug-likeness (QED) is 0.342. The number of benzene rings is 2. The fourth-order valence-corrected chi connectivity index (χ4v) is 4.36. The molecule has 6 nitrogen and oxygen atoms in total. The fraction of sp³-hybridized carbons (Fsp3) is 0.444. The molecule has 1 saturated carbocycles. The molecule has 182 valence electrons. The van der Waals surface area contributed by atoms with Gasteiger partial charge >= 0.3 is 0 Å². The number of halogens is 1. The molecule has 1 aromatic heterocycles. The smallest absolute Gasteiger partial charge is 0.227 e. The summed E-state index contributed by atoms with van der Waals surface area (Å²) in [5.41, 5.74) is 2.75. The zero-order valence-electron chi connectivity index (χ0n) is 20.2. The van der Waals surface area contributed by atoms with Crippen LogP contribution >= 0.6 is 11.6 Å². The van der Waals surface area contributed by atoms with Crippen LogP contribution in [0.1, 0.15) is 43.9 Å².